The highest BCUT2D eigenvalue weighted by Gasteiger charge is 2.19. The third kappa shape index (κ3) is 2.32. The Kier molecular flexibility index (Phi) is 3.19. The summed E-state index contributed by atoms with van der Waals surface area (Å²) in [5, 5.41) is 9.18. The molecule has 0 radical (unpaired) electrons. The quantitative estimate of drug-likeness (QED) is 0.846. The number of hydrogen-bond acceptors (Lipinski definition) is 3. The molecule has 0 bridgehead atoms. The molecule has 0 N–H and O–H groups in total. The van der Waals surface area contributed by atoms with Gasteiger partial charge in [0, 0.05) is 24.3 Å². The molecule has 0 saturated carbocycles. The number of rotatable bonds is 2. The third-order valence-electron chi connectivity index (χ3n) is 3.77. The van der Waals surface area contributed by atoms with Crippen LogP contribution in [0.2, 0.25) is 5.02 Å². The molecule has 100 valence electrons. The van der Waals surface area contributed by atoms with Gasteiger partial charge in [-0.25, -0.2) is 0 Å². The van der Waals surface area contributed by atoms with Crippen molar-refractivity contribution in [3.63, 3.8) is 0 Å². The van der Waals surface area contributed by atoms with Gasteiger partial charge in [0.1, 0.15) is 5.82 Å². The van der Waals surface area contributed by atoms with Crippen LogP contribution in [0.4, 0.5) is 5.69 Å². The second-order valence-corrected chi connectivity index (χ2v) is 5.46. The summed E-state index contributed by atoms with van der Waals surface area (Å²) in [7, 11) is 2.01. The summed E-state index contributed by atoms with van der Waals surface area (Å²) in [6.07, 6.45) is 2.26. The van der Waals surface area contributed by atoms with Gasteiger partial charge in [0.05, 0.1) is 6.54 Å². The molecule has 0 unspecified atom stereocenters. The van der Waals surface area contributed by atoms with E-state index >= 15 is 0 Å². The van der Waals surface area contributed by atoms with Gasteiger partial charge < -0.3 is 9.47 Å². The largest absolute Gasteiger partial charge is 0.364 e. The van der Waals surface area contributed by atoms with Crippen molar-refractivity contribution in [2.24, 2.45) is 7.05 Å². The Morgan fingerprint density at radius 1 is 1.32 bits per heavy atom. The van der Waals surface area contributed by atoms with E-state index in [0.717, 1.165) is 42.6 Å². The Bertz CT molecular complexity index is 605. The fraction of sp³-hybridized carbons (Fsp3) is 0.429. The lowest BCUT2D eigenvalue weighted by Gasteiger charge is -2.31. The molecule has 2 heterocycles. The Hall–Kier alpha value is -1.55. The molecule has 3 rings (SSSR count). The van der Waals surface area contributed by atoms with Crippen molar-refractivity contribution < 1.29 is 0 Å². The van der Waals surface area contributed by atoms with Gasteiger partial charge in [0.15, 0.2) is 5.82 Å². The highest BCUT2D eigenvalue weighted by molar-refractivity contribution is 6.30. The van der Waals surface area contributed by atoms with Gasteiger partial charge in [0.2, 0.25) is 0 Å². The first-order valence-electron chi connectivity index (χ1n) is 6.53. The highest BCUT2D eigenvalue weighted by Crippen LogP contribution is 2.30. The summed E-state index contributed by atoms with van der Waals surface area (Å²) in [4.78, 5) is 2.36. The monoisotopic (exact) mass is 276 g/mol. The third-order valence-corrected chi connectivity index (χ3v) is 4.01. The van der Waals surface area contributed by atoms with E-state index in [0.29, 0.717) is 0 Å². The Morgan fingerprint density at radius 2 is 2.16 bits per heavy atom. The smallest absolute Gasteiger partial charge is 0.152 e. The molecule has 0 saturated heterocycles. The van der Waals surface area contributed by atoms with Gasteiger partial charge in [-0.05, 0) is 43.5 Å². The van der Waals surface area contributed by atoms with Gasteiger partial charge in [-0.15, -0.1) is 10.2 Å². The van der Waals surface area contributed by atoms with Crippen molar-refractivity contribution in [1.29, 1.82) is 0 Å². The summed E-state index contributed by atoms with van der Waals surface area (Å²) >= 11 is 6.07. The molecule has 1 aromatic carbocycles. The van der Waals surface area contributed by atoms with Crippen LogP contribution < -0.4 is 4.90 Å². The summed E-state index contributed by atoms with van der Waals surface area (Å²) < 4.78 is 2.05. The van der Waals surface area contributed by atoms with Gasteiger partial charge in [0.25, 0.3) is 0 Å². The van der Waals surface area contributed by atoms with E-state index in [1.165, 1.54) is 11.3 Å². The van der Waals surface area contributed by atoms with E-state index in [4.69, 9.17) is 11.6 Å². The fourth-order valence-corrected chi connectivity index (χ4v) is 2.76. The Morgan fingerprint density at radius 3 is 2.89 bits per heavy atom. The zero-order chi connectivity index (χ0) is 13.4. The lowest BCUT2D eigenvalue weighted by molar-refractivity contribution is 0.654. The topological polar surface area (TPSA) is 34.0 Å². The average molecular weight is 277 g/mol. The minimum absolute atomic E-state index is 0.798. The number of nitrogens with zero attached hydrogens (tertiary/aromatic N) is 4. The maximum atomic E-state index is 6.07. The number of halogens is 1. The highest BCUT2D eigenvalue weighted by atomic mass is 35.5. The second-order valence-electron chi connectivity index (χ2n) is 5.02. The zero-order valence-electron chi connectivity index (χ0n) is 11.2. The summed E-state index contributed by atoms with van der Waals surface area (Å²) in [6.45, 7) is 3.83. The number of benzene rings is 1. The summed E-state index contributed by atoms with van der Waals surface area (Å²) in [5.41, 5.74) is 2.61. The predicted octanol–water partition coefficient (Wildman–Crippen LogP) is 2.73. The first kappa shape index (κ1) is 12.5. The van der Waals surface area contributed by atoms with Crippen molar-refractivity contribution in [2.45, 2.75) is 26.3 Å². The molecule has 4 nitrogen and oxygen atoms in total. The van der Waals surface area contributed by atoms with Crippen LogP contribution in [0.1, 0.15) is 23.6 Å². The van der Waals surface area contributed by atoms with Crippen LogP contribution >= 0.6 is 11.6 Å². The SMILES string of the molecule is Cc1nnc(CN2CCCc3cc(Cl)ccc32)n1C. The number of anilines is 1. The first-order valence-corrected chi connectivity index (χ1v) is 6.91. The summed E-state index contributed by atoms with van der Waals surface area (Å²) in [5.74, 6) is 1.95. The van der Waals surface area contributed by atoms with E-state index in [1.807, 2.05) is 24.6 Å². The minimum Gasteiger partial charge on any atom is -0.364 e. The van der Waals surface area contributed by atoms with E-state index in [1.54, 1.807) is 0 Å². The molecule has 0 aliphatic carbocycles. The number of fused-ring (bicyclic) bond motifs is 1. The number of aromatic nitrogens is 3. The van der Waals surface area contributed by atoms with Crippen molar-refractivity contribution in [2.75, 3.05) is 11.4 Å². The van der Waals surface area contributed by atoms with E-state index in [2.05, 4.69) is 27.2 Å². The lowest BCUT2D eigenvalue weighted by Crippen LogP contribution is -2.30. The van der Waals surface area contributed by atoms with Gasteiger partial charge >= 0.3 is 0 Å². The normalized spacial score (nSPS) is 14.6. The molecular formula is C14H17ClN4. The van der Waals surface area contributed by atoms with Crippen molar-refractivity contribution in [3.05, 3.63) is 40.4 Å². The zero-order valence-corrected chi connectivity index (χ0v) is 12.0. The average Bonchev–Trinajstić information content (AvgIpc) is 2.71. The molecule has 1 aliphatic rings. The molecule has 19 heavy (non-hydrogen) atoms. The van der Waals surface area contributed by atoms with E-state index in [-0.39, 0.29) is 0 Å². The van der Waals surface area contributed by atoms with Gasteiger partial charge in [-0.3, -0.25) is 0 Å². The van der Waals surface area contributed by atoms with Crippen molar-refractivity contribution in [1.82, 2.24) is 14.8 Å². The van der Waals surface area contributed by atoms with Crippen molar-refractivity contribution in [3.8, 4) is 0 Å². The first-order chi connectivity index (χ1) is 9.15. The van der Waals surface area contributed by atoms with Crippen molar-refractivity contribution >= 4 is 17.3 Å². The van der Waals surface area contributed by atoms with Crippen LogP contribution in [-0.2, 0) is 20.0 Å². The second kappa shape index (κ2) is 4.85. The molecule has 0 amide bonds. The van der Waals surface area contributed by atoms with Crippen LogP contribution in [0.15, 0.2) is 18.2 Å². The lowest BCUT2D eigenvalue weighted by atomic mass is 10.0. The Balaban J connectivity index is 1.90. The molecule has 5 heteroatoms. The Labute approximate surface area is 118 Å². The molecule has 2 aromatic rings. The standard InChI is InChI=1S/C14H17ClN4/c1-10-16-17-14(18(10)2)9-19-7-3-4-11-8-12(15)5-6-13(11)19/h5-6,8H,3-4,7,9H2,1-2H3. The summed E-state index contributed by atoms with van der Waals surface area (Å²) in [6, 6.07) is 6.14. The van der Waals surface area contributed by atoms with Crippen LogP contribution in [0.5, 0.6) is 0 Å². The molecular weight excluding hydrogens is 260 g/mol. The molecule has 0 atom stereocenters. The molecule has 0 spiro atoms. The molecule has 1 aliphatic heterocycles. The van der Waals surface area contributed by atoms with Crippen LogP contribution in [0.25, 0.3) is 0 Å². The minimum atomic E-state index is 0.798. The molecule has 1 aromatic heterocycles. The van der Waals surface area contributed by atoms with Crippen LogP contribution in [0, 0.1) is 6.92 Å². The van der Waals surface area contributed by atoms with Crippen LogP contribution in [-0.4, -0.2) is 21.3 Å². The van der Waals surface area contributed by atoms with Crippen LogP contribution in [0.3, 0.4) is 0 Å². The predicted molar refractivity (Wildman–Crippen MR) is 76.6 cm³/mol. The fourth-order valence-electron chi connectivity index (χ4n) is 2.57. The maximum absolute atomic E-state index is 6.07. The number of hydrogen-bond donors (Lipinski definition) is 0. The maximum Gasteiger partial charge on any atom is 0.152 e. The van der Waals surface area contributed by atoms with Gasteiger partial charge in [-0.2, -0.15) is 0 Å². The van der Waals surface area contributed by atoms with Gasteiger partial charge in [-0.1, -0.05) is 11.6 Å². The molecule has 0 fully saturated rings. The van der Waals surface area contributed by atoms with E-state index in [9.17, 15) is 0 Å². The number of aryl methyl sites for hydroxylation is 2. The van der Waals surface area contributed by atoms with E-state index < -0.39 is 0 Å².